The highest BCUT2D eigenvalue weighted by Crippen LogP contribution is 2.40. The molecule has 0 atom stereocenters. The van der Waals surface area contributed by atoms with Gasteiger partial charge in [0.2, 0.25) is 0 Å². The van der Waals surface area contributed by atoms with E-state index in [-0.39, 0.29) is 17.1 Å². The highest BCUT2D eigenvalue weighted by Gasteiger charge is 2.15. The molecule has 116 valence electrons. The van der Waals surface area contributed by atoms with Crippen molar-refractivity contribution in [3.63, 3.8) is 0 Å². The summed E-state index contributed by atoms with van der Waals surface area (Å²) in [6.07, 6.45) is 0. The van der Waals surface area contributed by atoms with Crippen molar-refractivity contribution in [2.45, 2.75) is 13.8 Å². The molecule has 0 bridgehead atoms. The van der Waals surface area contributed by atoms with E-state index in [0.717, 1.165) is 11.3 Å². The van der Waals surface area contributed by atoms with Gasteiger partial charge in [-0.2, -0.15) is 5.11 Å². The predicted octanol–water partition coefficient (Wildman–Crippen LogP) is 5.08. The summed E-state index contributed by atoms with van der Waals surface area (Å²) >= 11 is 0. The van der Waals surface area contributed by atoms with Gasteiger partial charge in [0.15, 0.2) is 0 Å². The van der Waals surface area contributed by atoms with E-state index in [0.29, 0.717) is 16.7 Å². The predicted molar refractivity (Wildman–Crippen MR) is 84.6 cm³/mol. The number of hydrogen-bond acceptors (Lipinski definition) is 6. The van der Waals surface area contributed by atoms with Gasteiger partial charge < -0.3 is 9.52 Å². The lowest BCUT2D eigenvalue weighted by atomic mass is 10.1. The zero-order valence-electron chi connectivity index (χ0n) is 12.5. The van der Waals surface area contributed by atoms with Gasteiger partial charge in [-0.15, -0.1) is 5.11 Å². The van der Waals surface area contributed by atoms with E-state index >= 15 is 0 Å². The van der Waals surface area contributed by atoms with Crippen LogP contribution in [-0.4, -0.2) is 10.0 Å². The second-order valence-corrected chi connectivity index (χ2v) is 5.07. The number of fused-ring (bicyclic) bond motifs is 1. The zero-order chi connectivity index (χ0) is 16.6. The van der Waals surface area contributed by atoms with E-state index in [1.54, 1.807) is 12.1 Å². The molecule has 0 saturated carbocycles. The average Bonchev–Trinajstić information content (AvgIpc) is 2.82. The van der Waals surface area contributed by atoms with Crippen LogP contribution >= 0.6 is 0 Å². The molecule has 3 aromatic rings. The van der Waals surface area contributed by atoms with Gasteiger partial charge in [-0.05, 0) is 32.0 Å². The fourth-order valence-corrected chi connectivity index (χ4v) is 2.30. The fourth-order valence-electron chi connectivity index (χ4n) is 2.30. The van der Waals surface area contributed by atoms with Crippen LogP contribution in [0.15, 0.2) is 51.0 Å². The number of aryl methyl sites for hydroxylation is 2. The molecule has 0 fully saturated rings. The third-order valence-electron chi connectivity index (χ3n) is 3.59. The van der Waals surface area contributed by atoms with Crippen molar-refractivity contribution in [2.75, 3.05) is 0 Å². The molecule has 0 spiro atoms. The Bertz CT molecular complexity index is 944. The van der Waals surface area contributed by atoms with Crippen LogP contribution in [0, 0.1) is 24.0 Å². The van der Waals surface area contributed by atoms with Crippen molar-refractivity contribution in [1.29, 1.82) is 0 Å². The van der Waals surface area contributed by atoms with E-state index in [1.165, 1.54) is 24.3 Å². The number of nitro groups is 1. The topological polar surface area (TPSA) is 101 Å². The van der Waals surface area contributed by atoms with Crippen molar-refractivity contribution < 1.29 is 14.4 Å². The van der Waals surface area contributed by atoms with Crippen LogP contribution in [0.2, 0.25) is 0 Å². The Labute approximate surface area is 131 Å². The summed E-state index contributed by atoms with van der Waals surface area (Å²) in [5.41, 5.74) is 2.01. The number of hydrogen-bond donors (Lipinski definition) is 1. The second-order valence-electron chi connectivity index (χ2n) is 5.07. The average molecular weight is 311 g/mol. The molecule has 0 unspecified atom stereocenters. The molecular weight excluding hydrogens is 298 g/mol. The molecule has 1 aromatic heterocycles. The number of aromatic hydroxyl groups is 1. The Morgan fingerprint density at radius 2 is 1.96 bits per heavy atom. The van der Waals surface area contributed by atoms with Crippen molar-refractivity contribution in [2.24, 2.45) is 10.2 Å². The Balaban J connectivity index is 2.09. The molecule has 0 aliphatic rings. The van der Waals surface area contributed by atoms with E-state index in [9.17, 15) is 15.2 Å². The van der Waals surface area contributed by atoms with Gasteiger partial charge >= 0.3 is 0 Å². The summed E-state index contributed by atoms with van der Waals surface area (Å²) in [7, 11) is 0. The number of non-ortho nitro benzene ring substituents is 1. The number of furan rings is 1. The van der Waals surface area contributed by atoms with Crippen LogP contribution < -0.4 is 0 Å². The van der Waals surface area contributed by atoms with Gasteiger partial charge in [0, 0.05) is 17.7 Å². The van der Waals surface area contributed by atoms with Crippen LogP contribution in [0.3, 0.4) is 0 Å². The summed E-state index contributed by atoms with van der Waals surface area (Å²) in [6.45, 7) is 3.70. The summed E-state index contributed by atoms with van der Waals surface area (Å²) in [4.78, 5) is 10.3. The van der Waals surface area contributed by atoms with Crippen LogP contribution in [0.25, 0.3) is 11.0 Å². The molecule has 0 aliphatic carbocycles. The molecule has 0 radical (unpaired) electrons. The first-order valence-corrected chi connectivity index (χ1v) is 6.85. The smallest absolute Gasteiger partial charge is 0.271 e. The molecule has 3 rings (SSSR count). The summed E-state index contributed by atoms with van der Waals surface area (Å²) in [5, 5.41) is 29.6. The number of benzene rings is 2. The monoisotopic (exact) mass is 311 g/mol. The molecule has 0 amide bonds. The maximum atomic E-state index is 10.8. The van der Waals surface area contributed by atoms with Gasteiger partial charge in [0.25, 0.3) is 5.69 Å². The second kappa shape index (κ2) is 5.53. The van der Waals surface area contributed by atoms with Gasteiger partial charge in [0.1, 0.15) is 22.8 Å². The molecule has 1 N–H and O–H groups in total. The van der Waals surface area contributed by atoms with Crippen LogP contribution in [0.1, 0.15) is 11.3 Å². The first-order chi connectivity index (χ1) is 11.0. The highest BCUT2D eigenvalue weighted by molar-refractivity contribution is 5.95. The molecule has 23 heavy (non-hydrogen) atoms. The van der Waals surface area contributed by atoms with Crippen LogP contribution in [0.5, 0.6) is 5.75 Å². The fraction of sp³-hybridized carbons (Fsp3) is 0.125. The molecule has 2 aromatic carbocycles. The Hall–Kier alpha value is -3.22. The summed E-state index contributed by atoms with van der Waals surface area (Å²) < 4.78 is 5.59. The SMILES string of the molecule is Cc1oc2ccc(O)c(N=Nc3cccc([N+](=O)[O-])c3)c2c1C. The number of nitrogens with zero attached hydrogens (tertiary/aromatic N) is 3. The number of azo groups is 1. The molecular formula is C16H13N3O4. The zero-order valence-corrected chi connectivity index (χ0v) is 12.5. The summed E-state index contributed by atoms with van der Waals surface area (Å²) in [5.74, 6) is 0.702. The minimum atomic E-state index is -0.499. The molecule has 0 aliphatic heterocycles. The van der Waals surface area contributed by atoms with Gasteiger partial charge in [0.05, 0.1) is 16.0 Å². The molecule has 0 saturated heterocycles. The first kappa shape index (κ1) is 14.7. The van der Waals surface area contributed by atoms with Crippen LogP contribution in [0.4, 0.5) is 17.1 Å². The lowest BCUT2D eigenvalue weighted by Gasteiger charge is -2.00. The first-order valence-electron chi connectivity index (χ1n) is 6.85. The maximum absolute atomic E-state index is 10.8. The molecule has 1 heterocycles. The minimum Gasteiger partial charge on any atom is -0.506 e. The van der Waals surface area contributed by atoms with Crippen molar-refractivity contribution in [1.82, 2.24) is 0 Å². The molecule has 7 heteroatoms. The van der Waals surface area contributed by atoms with Crippen molar-refractivity contribution in [3.8, 4) is 5.75 Å². The molecule has 7 nitrogen and oxygen atoms in total. The highest BCUT2D eigenvalue weighted by atomic mass is 16.6. The van der Waals surface area contributed by atoms with Gasteiger partial charge in [-0.3, -0.25) is 10.1 Å². The number of phenols is 1. The van der Waals surface area contributed by atoms with Gasteiger partial charge in [-0.25, -0.2) is 0 Å². The largest absolute Gasteiger partial charge is 0.506 e. The Kier molecular flexibility index (Phi) is 3.53. The number of phenolic OH excluding ortho intramolecular Hbond substituents is 1. The lowest BCUT2D eigenvalue weighted by Crippen LogP contribution is -1.85. The standard InChI is InChI=1S/C16H13N3O4/c1-9-10(2)23-14-7-6-13(20)16(15(9)14)18-17-11-4-3-5-12(8-11)19(21)22/h3-8,20H,1-2H3. The maximum Gasteiger partial charge on any atom is 0.271 e. The third kappa shape index (κ3) is 2.64. The van der Waals surface area contributed by atoms with Crippen molar-refractivity contribution >= 4 is 28.0 Å². The van der Waals surface area contributed by atoms with E-state index < -0.39 is 4.92 Å². The quantitative estimate of drug-likeness (QED) is 0.414. The number of nitro benzene ring substituents is 1. The number of rotatable bonds is 3. The Morgan fingerprint density at radius 1 is 1.17 bits per heavy atom. The van der Waals surface area contributed by atoms with E-state index in [2.05, 4.69) is 10.2 Å². The van der Waals surface area contributed by atoms with Crippen molar-refractivity contribution in [3.05, 3.63) is 57.8 Å². The third-order valence-corrected chi connectivity index (χ3v) is 3.59. The Morgan fingerprint density at radius 3 is 2.70 bits per heavy atom. The minimum absolute atomic E-state index is 0.0319. The normalized spacial score (nSPS) is 11.4. The summed E-state index contributed by atoms with van der Waals surface area (Å²) in [6, 6.07) is 8.96. The van der Waals surface area contributed by atoms with Gasteiger partial charge in [-0.1, -0.05) is 6.07 Å². The van der Waals surface area contributed by atoms with E-state index in [1.807, 2.05) is 13.8 Å². The van der Waals surface area contributed by atoms with E-state index in [4.69, 9.17) is 4.42 Å². The van der Waals surface area contributed by atoms with Crippen LogP contribution in [-0.2, 0) is 0 Å². The lowest BCUT2D eigenvalue weighted by molar-refractivity contribution is -0.384.